The normalized spacial score (nSPS) is 20.0. The summed E-state index contributed by atoms with van der Waals surface area (Å²) in [6.45, 7) is 5.71. The summed E-state index contributed by atoms with van der Waals surface area (Å²) in [5.74, 6) is 0.954. The number of nitrogens with zero attached hydrogens (tertiary/aromatic N) is 1. The highest BCUT2D eigenvalue weighted by Crippen LogP contribution is 2.32. The molecule has 1 saturated heterocycles. The Kier molecular flexibility index (Phi) is 5.97. The van der Waals surface area contributed by atoms with Gasteiger partial charge in [-0.25, -0.2) is 0 Å². The van der Waals surface area contributed by atoms with Crippen molar-refractivity contribution in [3.63, 3.8) is 0 Å². The molecule has 2 rings (SSSR count). The number of rotatable bonds is 5. The molecule has 0 radical (unpaired) electrons. The first kappa shape index (κ1) is 17.4. The summed E-state index contributed by atoms with van der Waals surface area (Å²) < 4.78 is 46.4. The fourth-order valence-corrected chi connectivity index (χ4v) is 3.04. The Morgan fingerprint density at radius 1 is 1.36 bits per heavy atom. The van der Waals surface area contributed by atoms with Gasteiger partial charge in [0.25, 0.3) is 0 Å². The molecule has 1 aromatic carbocycles. The second-order valence-corrected chi connectivity index (χ2v) is 6.39. The van der Waals surface area contributed by atoms with Crippen molar-refractivity contribution in [2.45, 2.75) is 26.1 Å². The standard InChI is InChI=1S/C15H19BrF3NO2/c1-11-3-2-6-20(10-11)7-8-21-14-5-4-12(9-13(14)16)22-15(17,18)19/h4-5,9,11H,2-3,6-8,10H2,1H3. The second kappa shape index (κ2) is 7.55. The lowest BCUT2D eigenvalue weighted by molar-refractivity contribution is -0.274. The van der Waals surface area contributed by atoms with Crippen LogP contribution in [-0.2, 0) is 0 Å². The van der Waals surface area contributed by atoms with Gasteiger partial charge in [-0.2, -0.15) is 0 Å². The van der Waals surface area contributed by atoms with E-state index in [0.29, 0.717) is 22.7 Å². The number of benzene rings is 1. The van der Waals surface area contributed by atoms with E-state index in [4.69, 9.17) is 4.74 Å². The molecule has 7 heteroatoms. The van der Waals surface area contributed by atoms with Crippen molar-refractivity contribution in [3.8, 4) is 11.5 Å². The predicted molar refractivity (Wildman–Crippen MR) is 81.2 cm³/mol. The number of likely N-dealkylation sites (tertiary alicyclic amines) is 1. The largest absolute Gasteiger partial charge is 0.573 e. The van der Waals surface area contributed by atoms with Crippen LogP contribution >= 0.6 is 15.9 Å². The van der Waals surface area contributed by atoms with E-state index in [1.165, 1.54) is 31.0 Å². The van der Waals surface area contributed by atoms with Crippen LogP contribution in [0.15, 0.2) is 22.7 Å². The van der Waals surface area contributed by atoms with Gasteiger partial charge in [-0.3, -0.25) is 4.90 Å². The number of hydrogen-bond donors (Lipinski definition) is 0. The highest BCUT2D eigenvalue weighted by Gasteiger charge is 2.31. The fourth-order valence-electron chi connectivity index (χ4n) is 2.57. The van der Waals surface area contributed by atoms with Gasteiger partial charge in [0.2, 0.25) is 0 Å². The first-order valence-corrected chi connectivity index (χ1v) is 8.03. The van der Waals surface area contributed by atoms with E-state index in [1.807, 2.05) is 0 Å². The van der Waals surface area contributed by atoms with Crippen molar-refractivity contribution in [3.05, 3.63) is 22.7 Å². The van der Waals surface area contributed by atoms with Crippen LogP contribution in [0.1, 0.15) is 19.8 Å². The van der Waals surface area contributed by atoms with Crippen molar-refractivity contribution in [1.82, 2.24) is 4.90 Å². The molecule has 0 aromatic heterocycles. The minimum atomic E-state index is -4.69. The zero-order valence-electron chi connectivity index (χ0n) is 12.3. The molecule has 1 aliphatic heterocycles. The van der Waals surface area contributed by atoms with Crippen molar-refractivity contribution in [2.24, 2.45) is 5.92 Å². The quantitative estimate of drug-likeness (QED) is 0.751. The fraction of sp³-hybridized carbons (Fsp3) is 0.600. The zero-order valence-corrected chi connectivity index (χ0v) is 13.9. The molecule has 1 heterocycles. The lowest BCUT2D eigenvalue weighted by Crippen LogP contribution is -2.37. The van der Waals surface area contributed by atoms with E-state index < -0.39 is 6.36 Å². The van der Waals surface area contributed by atoms with Crippen LogP contribution in [0.4, 0.5) is 13.2 Å². The molecule has 3 nitrogen and oxygen atoms in total. The Bertz CT molecular complexity index is 496. The van der Waals surface area contributed by atoms with Crippen molar-refractivity contribution in [2.75, 3.05) is 26.2 Å². The lowest BCUT2D eigenvalue weighted by Gasteiger charge is -2.30. The van der Waals surface area contributed by atoms with E-state index >= 15 is 0 Å². The number of alkyl halides is 3. The Labute approximate surface area is 136 Å². The van der Waals surface area contributed by atoms with E-state index in [9.17, 15) is 13.2 Å². The Morgan fingerprint density at radius 3 is 2.77 bits per heavy atom. The molecule has 0 N–H and O–H groups in total. The van der Waals surface area contributed by atoms with Crippen molar-refractivity contribution in [1.29, 1.82) is 0 Å². The molecular formula is C15H19BrF3NO2. The van der Waals surface area contributed by atoms with Gasteiger partial charge in [-0.15, -0.1) is 13.2 Å². The molecule has 124 valence electrons. The Morgan fingerprint density at radius 2 is 2.14 bits per heavy atom. The second-order valence-electron chi connectivity index (χ2n) is 5.54. The maximum Gasteiger partial charge on any atom is 0.573 e. The molecule has 1 fully saturated rings. The molecule has 0 spiro atoms. The van der Waals surface area contributed by atoms with E-state index in [1.54, 1.807) is 0 Å². The summed E-state index contributed by atoms with van der Waals surface area (Å²) in [7, 11) is 0. The molecule has 1 aliphatic rings. The third kappa shape index (κ3) is 5.68. The van der Waals surface area contributed by atoms with Gasteiger partial charge in [0.05, 0.1) is 4.47 Å². The van der Waals surface area contributed by atoms with Gasteiger partial charge < -0.3 is 9.47 Å². The lowest BCUT2D eigenvalue weighted by atomic mass is 10.0. The molecule has 0 amide bonds. The van der Waals surface area contributed by atoms with Crippen LogP contribution in [0.3, 0.4) is 0 Å². The van der Waals surface area contributed by atoms with Gasteiger partial charge in [0, 0.05) is 13.1 Å². The minimum absolute atomic E-state index is 0.267. The van der Waals surface area contributed by atoms with E-state index in [-0.39, 0.29) is 5.75 Å². The summed E-state index contributed by atoms with van der Waals surface area (Å²) in [6.07, 6.45) is -2.22. The number of hydrogen-bond acceptors (Lipinski definition) is 3. The van der Waals surface area contributed by atoms with Gasteiger partial charge >= 0.3 is 6.36 Å². The minimum Gasteiger partial charge on any atom is -0.491 e. The van der Waals surface area contributed by atoms with Gasteiger partial charge in [0.1, 0.15) is 18.1 Å². The summed E-state index contributed by atoms with van der Waals surface area (Å²) in [6, 6.07) is 3.98. The molecule has 0 aliphatic carbocycles. The summed E-state index contributed by atoms with van der Waals surface area (Å²) >= 11 is 3.20. The number of halogens is 4. The SMILES string of the molecule is CC1CCCN(CCOc2ccc(OC(F)(F)F)cc2Br)C1. The van der Waals surface area contributed by atoms with Crippen molar-refractivity contribution >= 4 is 15.9 Å². The van der Waals surface area contributed by atoms with Crippen LogP contribution < -0.4 is 9.47 Å². The average Bonchev–Trinajstić information content (AvgIpc) is 2.39. The van der Waals surface area contributed by atoms with Crippen LogP contribution in [0, 0.1) is 5.92 Å². The summed E-state index contributed by atoms with van der Waals surface area (Å²) in [4.78, 5) is 2.35. The monoisotopic (exact) mass is 381 g/mol. The molecule has 0 saturated carbocycles. The van der Waals surface area contributed by atoms with Gasteiger partial charge in [-0.05, 0) is 59.4 Å². The highest BCUT2D eigenvalue weighted by molar-refractivity contribution is 9.10. The predicted octanol–water partition coefficient (Wildman–Crippen LogP) is 4.46. The number of piperidine rings is 1. The Balaban J connectivity index is 1.82. The zero-order chi connectivity index (χ0) is 16.2. The molecule has 1 unspecified atom stereocenters. The first-order chi connectivity index (χ1) is 10.3. The molecule has 1 atom stereocenters. The Hall–Kier alpha value is -0.950. The molecule has 1 aromatic rings. The topological polar surface area (TPSA) is 21.7 Å². The molecule has 0 bridgehead atoms. The maximum atomic E-state index is 12.1. The van der Waals surface area contributed by atoms with Crippen LogP contribution in [0.25, 0.3) is 0 Å². The third-order valence-electron chi connectivity index (χ3n) is 3.54. The third-order valence-corrected chi connectivity index (χ3v) is 4.16. The van der Waals surface area contributed by atoms with E-state index in [2.05, 4.69) is 32.5 Å². The van der Waals surface area contributed by atoms with Crippen LogP contribution in [-0.4, -0.2) is 37.5 Å². The van der Waals surface area contributed by atoms with E-state index in [0.717, 1.165) is 19.6 Å². The van der Waals surface area contributed by atoms with Crippen LogP contribution in [0.5, 0.6) is 11.5 Å². The van der Waals surface area contributed by atoms with Gasteiger partial charge in [-0.1, -0.05) is 6.92 Å². The maximum absolute atomic E-state index is 12.1. The van der Waals surface area contributed by atoms with Gasteiger partial charge in [0.15, 0.2) is 0 Å². The van der Waals surface area contributed by atoms with Crippen LogP contribution in [0.2, 0.25) is 0 Å². The number of ether oxygens (including phenoxy) is 2. The molecule has 22 heavy (non-hydrogen) atoms. The summed E-state index contributed by atoms with van der Waals surface area (Å²) in [5, 5.41) is 0. The van der Waals surface area contributed by atoms with Crippen molar-refractivity contribution < 1.29 is 22.6 Å². The average molecular weight is 382 g/mol. The molecular weight excluding hydrogens is 363 g/mol. The summed E-state index contributed by atoms with van der Waals surface area (Å²) in [5.41, 5.74) is 0. The first-order valence-electron chi connectivity index (χ1n) is 7.24. The highest BCUT2D eigenvalue weighted by atomic mass is 79.9. The smallest absolute Gasteiger partial charge is 0.491 e.